The van der Waals surface area contributed by atoms with Crippen molar-refractivity contribution >= 4 is 40.6 Å². The van der Waals surface area contributed by atoms with E-state index < -0.39 is 0 Å². The second-order valence-corrected chi connectivity index (χ2v) is 8.88. The summed E-state index contributed by atoms with van der Waals surface area (Å²) >= 11 is 7.49. The van der Waals surface area contributed by atoms with Crippen LogP contribution in [0.4, 0.5) is 11.4 Å². The lowest BCUT2D eigenvalue weighted by Crippen LogP contribution is -2.44. The van der Waals surface area contributed by atoms with Gasteiger partial charge >= 0.3 is 0 Å². The van der Waals surface area contributed by atoms with E-state index in [0.717, 1.165) is 48.8 Å². The zero-order chi connectivity index (χ0) is 21.8. The van der Waals surface area contributed by atoms with E-state index >= 15 is 0 Å². The number of rotatable bonds is 6. The normalized spacial score (nSPS) is 14.6. The van der Waals surface area contributed by atoms with Gasteiger partial charge in [-0.1, -0.05) is 41.1 Å². The molecule has 0 aliphatic carbocycles. The van der Waals surface area contributed by atoms with Gasteiger partial charge in [0.2, 0.25) is 11.1 Å². The number of hydrogen-bond donors (Lipinski definition) is 1. The smallest absolute Gasteiger partial charge is 0.234 e. The Morgan fingerprint density at radius 2 is 1.87 bits per heavy atom. The van der Waals surface area contributed by atoms with Crippen molar-refractivity contribution in [3.8, 4) is 5.69 Å². The van der Waals surface area contributed by atoms with Crippen LogP contribution in [0.25, 0.3) is 5.69 Å². The summed E-state index contributed by atoms with van der Waals surface area (Å²) < 4.78 is 1.63. The number of halogens is 1. The number of carbonyl (C=O) groups is 1. The Kier molecular flexibility index (Phi) is 6.74. The van der Waals surface area contributed by atoms with E-state index in [1.165, 1.54) is 11.8 Å². The number of anilines is 2. The first-order chi connectivity index (χ1) is 15.0. The molecule has 0 saturated carbocycles. The summed E-state index contributed by atoms with van der Waals surface area (Å²) in [6.45, 7) is 5.79. The van der Waals surface area contributed by atoms with Crippen molar-refractivity contribution in [1.82, 2.24) is 25.1 Å². The summed E-state index contributed by atoms with van der Waals surface area (Å²) in [4.78, 5) is 17.3. The predicted molar refractivity (Wildman–Crippen MR) is 124 cm³/mol. The SMILES string of the molecule is Cc1ccc(-n2nnnc2SCC(=O)Nc2cc(Cl)ccc2N2CCN(C)CC2)cc1. The van der Waals surface area contributed by atoms with Gasteiger partial charge in [0.25, 0.3) is 0 Å². The van der Waals surface area contributed by atoms with E-state index in [0.29, 0.717) is 10.2 Å². The maximum atomic E-state index is 12.7. The van der Waals surface area contributed by atoms with Crippen molar-refractivity contribution < 1.29 is 4.79 Å². The number of likely N-dealkylation sites (N-methyl/N-ethyl adjacent to an activating group) is 1. The molecule has 1 aliphatic rings. The molecular formula is C21H24ClN7OS. The number of hydrogen-bond acceptors (Lipinski definition) is 7. The van der Waals surface area contributed by atoms with E-state index in [9.17, 15) is 4.79 Å². The average Bonchev–Trinajstić information content (AvgIpc) is 3.22. The standard InChI is InChI=1S/C21H24ClN7OS/c1-15-3-6-17(7-4-15)29-21(24-25-26-29)31-14-20(30)23-18-13-16(22)5-8-19(18)28-11-9-27(2)10-12-28/h3-8,13H,9-12,14H2,1-2H3,(H,23,30). The molecular weight excluding hydrogens is 434 g/mol. The molecule has 0 spiro atoms. The minimum absolute atomic E-state index is 0.138. The molecule has 0 radical (unpaired) electrons. The first kappa shape index (κ1) is 21.6. The van der Waals surface area contributed by atoms with Crippen LogP contribution in [0, 0.1) is 6.92 Å². The zero-order valence-electron chi connectivity index (χ0n) is 17.5. The second-order valence-electron chi connectivity index (χ2n) is 7.50. The van der Waals surface area contributed by atoms with Gasteiger partial charge in [0.05, 0.1) is 22.8 Å². The monoisotopic (exact) mass is 457 g/mol. The summed E-state index contributed by atoms with van der Waals surface area (Å²) in [5.74, 6) is 0.0436. The number of piperazine rings is 1. The summed E-state index contributed by atoms with van der Waals surface area (Å²) in [5, 5.41) is 16.0. The summed E-state index contributed by atoms with van der Waals surface area (Å²) in [7, 11) is 2.11. The summed E-state index contributed by atoms with van der Waals surface area (Å²) in [6, 6.07) is 13.5. The number of nitrogens with one attached hydrogen (secondary N) is 1. The third-order valence-corrected chi connectivity index (χ3v) is 6.28. The zero-order valence-corrected chi connectivity index (χ0v) is 19.0. The molecule has 1 amide bonds. The van der Waals surface area contributed by atoms with Gasteiger partial charge < -0.3 is 15.1 Å². The van der Waals surface area contributed by atoms with E-state index in [1.807, 2.05) is 43.3 Å². The Hall–Kier alpha value is -2.62. The van der Waals surface area contributed by atoms with Crippen LogP contribution < -0.4 is 10.2 Å². The Labute approximate surface area is 190 Å². The van der Waals surface area contributed by atoms with Crippen molar-refractivity contribution in [1.29, 1.82) is 0 Å². The maximum Gasteiger partial charge on any atom is 0.234 e. The van der Waals surface area contributed by atoms with Gasteiger partial charge in [0.1, 0.15) is 0 Å². The fourth-order valence-electron chi connectivity index (χ4n) is 3.36. The number of nitrogens with zero attached hydrogens (tertiary/aromatic N) is 6. The van der Waals surface area contributed by atoms with Gasteiger partial charge in [-0.25, -0.2) is 0 Å². The Balaban J connectivity index is 1.43. The minimum atomic E-state index is -0.138. The summed E-state index contributed by atoms with van der Waals surface area (Å²) in [6.07, 6.45) is 0. The fourth-order valence-corrected chi connectivity index (χ4v) is 4.23. The maximum absolute atomic E-state index is 12.7. The number of aryl methyl sites for hydroxylation is 1. The number of aromatic nitrogens is 4. The van der Waals surface area contributed by atoms with Gasteiger partial charge in [-0.2, -0.15) is 4.68 Å². The molecule has 1 saturated heterocycles. The molecule has 0 unspecified atom stereocenters. The number of benzene rings is 2. The highest BCUT2D eigenvalue weighted by Gasteiger charge is 2.19. The first-order valence-corrected chi connectivity index (χ1v) is 11.4. The fraction of sp³-hybridized carbons (Fsp3) is 0.333. The Bertz CT molecular complexity index is 1050. The molecule has 0 atom stereocenters. The molecule has 4 rings (SSSR count). The molecule has 1 aromatic heterocycles. The van der Waals surface area contributed by atoms with Crippen molar-refractivity contribution in [3.63, 3.8) is 0 Å². The third kappa shape index (κ3) is 5.36. The summed E-state index contributed by atoms with van der Waals surface area (Å²) in [5.41, 5.74) is 3.72. The van der Waals surface area contributed by atoms with E-state index in [4.69, 9.17) is 11.6 Å². The van der Waals surface area contributed by atoms with Crippen LogP contribution in [-0.4, -0.2) is 70.0 Å². The van der Waals surface area contributed by atoms with E-state index in [2.05, 4.69) is 37.7 Å². The van der Waals surface area contributed by atoms with Crippen LogP contribution in [0.1, 0.15) is 5.56 Å². The van der Waals surface area contributed by atoms with Crippen LogP contribution in [0.15, 0.2) is 47.6 Å². The average molecular weight is 458 g/mol. The Morgan fingerprint density at radius 1 is 1.13 bits per heavy atom. The van der Waals surface area contributed by atoms with Crippen LogP contribution in [-0.2, 0) is 4.79 Å². The van der Waals surface area contributed by atoms with Gasteiger partial charge in [-0.05, 0) is 54.7 Å². The van der Waals surface area contributed by atoms with Crippen LogP contribution >= 0.6 is 23.4 Å². The third-order valence-electron chi connectivity index (χ3n) is 5.13. The molecule has 8 nitrogen and oxygen atoms in total. The quantitative estimate of drug-likeness (QED) is 0.569. The van der Waals surface area contributed by atoms with Gasteiger partial charge in [0, 0.05) is 31.2 Å². The molecule has 2 aromatic carbocycles. The lowest BCUT2D eigenvalue weighted by molar-refractivity contribution is -0.113. The van der Waals surface area contributed by atoms with E-state index in [-0.39, 0.29) is 11.7 Å². The molecule has 0 bridgehead atoms. The lowest BCUT2D eigenvalue weighted by atomic mass is 10.2. The highest BCUT2D eigenvalue weighted by Crippen LogP contribution is 2.30. The number of amides is 1. The molecule has 2 heterocycles. The number of tetrazole rings is 1. The van der Waals surface area contributed by atoms with Crippen molar-refractivity contribution in [3.05, 3.63) is 53.1 Å². The molecule has 10 heteroatoms. The van der Waals surface area contributed by atoms with Crippen LogP contribution in [0.2, 0.25) is 5.02 Å². The highest BCUT2D eigenvalue weighted by molar-refractivity contribution is 7.99. The number of carbonyl (C=O) groups excluding carboxylic acids is 1. The predicted octanol–water partition coefficient (Wildman–Crippen LogP) is 3.11. The van der Waals surface area contributed by atoms with Gasteiger partial charge in [0.15, 0.2) is 0 Å². The molecule has 1 fully saturated rings. The first-order valence-electron chi connectivity index (χ1n) is 10.0. The molecule has 31 heavy (non-hydrogen) atoms. The topological polar surface area (TPSA) is 79.2 Å². The molecule has 1 N–H and O–H groups in total. The second kappa shape index (κ2) is 9.67. The molecule has 3 aromatic rings. The van der Waals surface area contributed by atoms with Gasteiger partial charge in [-0.15, -0.1) is 5.10 Å². The van der Waals surface area contributed by atoms with E-state index in [1.54, 1.807) is 10.7 Å². The van der Waals surface area contributed by atoms with Crippen molar-refractivity contribution in [2.24, 2.45) is 0 Å². The van der Waals surface area contributed by atoms with Crippen molar-refractivity contribution in [2.75, 3.05) is 49.2 Å². The molecule has 162 valence electrons. The number of thioether (sulfide) groups is 1. The van der Waals surface area contributed by atoms with Crippen molar-refractivity contribution in [2.45, 2.75) is 12.1 Å². The minimum Gasteiger partial charge on any atom is -0.367 e. The molecule has 1 aliphatic heterocycles. The lowest BCUT2D eigenvalue weighted by Gasteiger charge is -2.35. The Morgan fingerprint density at radius 3 is 2.61 bits per heavy atom. The highest BCUT2D eigenvalue weighted by atomic mass is 35.5. The van der Waals surface area contributed by atoms with Crippen LogP contribution in [0.3, 0.4) is 0 Å². The van der Waals surface area contributed by atoms with Crippen LogP contribution in [0.5, 0.6) is 0 Å². The largest absolute Gasteiger partial charge is 0.367 e. The van der Waals surface area contributed by atoms with Gasteiger partial charge in [-0.3, -0.25) is 4.79 Å².